The molecule has 0 saturated heterocycles. The number of fused-ring (bicyclic) bond motifs is 1. The summed E-state index contributed by atoms with van der Waals surface area (Å²) in [4.78, 5) is 12.3. The van der Waals surface area contributed by atoms with E-state index in [1.54, 1.807) is 0 Å². The Kier molecular flexibility index (Phi) is 6.12. The molecule has 0 fully saturated rings. The van der Waals surface area contributed by atoms with Gasteiger partial charge in [-0.25, -0.2) is 4.79 Å². The highest BCUT2D eigenvalue weighted by Gasteiger charge is 2.43. The summed E-state index contributed by atoms with van der Waals surface area (Å²) >= 11 is 3.38. The molecule has 22 heavy (non-hydrogen) atoms. The van der Waals surface area contributed by atoms with Gasteiger partial charge in [-0.1, -0.05) is 28.9 Å². The molecule has 0 amide bonds. The molecule has 5 heteroatoms. The fourth-order valence-corrected chi connectivity index (χ4v) is 2.80. The Hall–Kier alpha value is -1.23. The van der Waals surface area contributed by atoms with E-state index in [0.717, 1.165) is 35.2 Å². The Bertz CT molecular complexity index is 517. The Morgan fingerprint density at radius 2 is 2.23 bits per heavy atom. The van der Waals surface area contributed by atoms with Crippen LogP contribution in [0.15, 0.2) is 18.2 Å². The molecule has 0 N–H and O–H groups in total. The molecule has 0 spiro atoms. The van der Waals surface area contributed by atoms with Crippen LogP contribution in [0.1, 0.15) is 38.7 Å². The number of carbonyl (C=O) groups is 1. The van der Waals surface area contributed by atoms with Crippen LogP contribution in [0.2, 0.25) is 0 Å². The van der Waals surface area contributed by atoms with Crippen LogP contribution in [0.4, 0.5) is 0 Å². The SMILES string of the molecule is CCOC(=O)C1(CC)CCc2ccc(OCCCBr)cc2O1. The van der Waals surface area contributed by atoms with E-state index >= 15 is 0 Å². The standard InChI is InChI=1S/C17H23BrO4/c1-3-17(16(19)20-4-2)9-8-13-6-7-14(12-15(13)22-17)21-11-5-10-18/h6-7,12H,3-5,8-11H2,1-2H3. The predicted octanol–water partition coefficient (Wildman–Crippen LogP) is 3.89. The van der Waals surface area contributed by atoms with Crippen LogP contribution < -0.4 is 9.47 Å². The number of rotatable bonds is 7. The molecule has 0 bridgehead atoms. The molecular formula is C17H23BrO4. The van der Waals surface area contributed by atoms with Crippen molar-refractivity contribution in [1.82, 2.24) is 0 Å². The minimum Gasteiger partial charge on any atom is -0.493 e. The molecule has 1 aromatic rings. The number of aryl methyl sites for hydroxylation is 1. The highest BCUT2D eigenvalue weighted by atomic mass is 79.9. The van der Waals surface area contributed by atoms with Crippen molar-refractivity contribution in [3.63, 3.8) is 0 Å². The van der Waals surface area contributed by atoms with Crippen molar-refractivity contribution >= 4 is 21.9 Å². The summed E-state index contributed by atoms with van der Waals surface area (Å²) in [5.41, 5.74) is 0.249. The summed E-state index contributed by atoms with van der Waals surface area (Å²) < 4.78 is 17.0. The van der Waals surface area contributed by atoms with Crippen molar-refractivity contribution in [2.24, 2.45) is 0 Å². The normalized spacial score (nSPS) is 20.0. The summed E-state index contributed by atoms with van der Waals surface area (Å²) in [5.74, 6) is 1.24. The predicted molar refractivity (Wildman–Crippen MR) is 89.0 cm³/mol. The van der Waals surface area contributed by atoms with Crippen LogP contribution in [0.3, 0.4) is 0 Å². The minimum atomic E-state index is -0.864. The molecule has 0 saturated carbocycles. The van der Waals surface area contributed by atoms with Crippen LogP contribution in [0.25, 0.3) is 0 Å². The minimum absolute atomic E-state index is 0.270. The number of ether oxygens (including phenoxy) is 3. The highest BCUT2D eigenvalue weighted by molar-refractivity contribution is 9.09. The topological polar surface area (TPSA) is 44.8 Å². The molecule has 0 radical (unpaired) electrons. The lowest BCUT2D eigenvalue weighted by Gasteiger charge is -2.35. The lowest BCUT2D eigenvalue weighted by atomic mass is 9.88. The van der Waals surface area contributed by atoms with E-state index in [9.17, 15) is 4.79 Å². The quantitative estimate of drug-likeness (QED) is 0.415. The van der Waals surface area contributed by atoms with Gasteiger partial charge in [-0.2, -0.15) is 0 Å². The molecule has 1 unspecified atom stereocenters. The zero-order chi connectivity index (χ0) is 16.0. The van der Waals surface area contributed by atoms with Crippen LogP contribution >= 0.6 is 15.9 Å². The Morgan fingerprint density at radius 1 is 1.41 bits per heavy atom. The van der Waals surface area contributed by atoms with Crippen molar-refractivity contribution in [3.8, 4) is 11.5 Å². The maximum atomic E-state index is 12.3. The van der Waals surface area contributed by atoms with E-state index in [4.69, 9.17) is 14.2 Å². The van der Waals surface area contributed by atoms with Gasteiger partial charge in [0.1, 0.15) is 11.5 Å². The largest absolute Gasteiger partial charge is 0.493 e. The van der Waals surface area contributed by atoms with E-state index in [1.165, 1.54) is 0 Å². The van der Waals surface area contributed by atoms with Gasteiger partial charge in [-0.15, -0.1) is 0 Å². The van der Waals surface area contributed by atoms with Crippen molar-refractivity contribution in [2.75, 3.05) is 18.5 Å². The second-order valence-corrected chi connectivity index (χ2v) is 6.12. The monoisotopic (exact) mass is 370 g/mol. The van der Waals surface area contributed by atoms with Crippen molar-refractivity contribution in [2.45, 2.75) is 45.1 Å². The fourth-order valence-electron chi connectivity index (χ4n) is 2.57. The first-order valence-corrected chi connectivity index (χ1v) is 8.95. The van der Waals surface area contributed by atoms with Gasteiger partial charge >= 0.3 is 5.97 Å². The summed E-state index contributed by atoms with van der Waals surface area (Å²) in [6.45, 7) is 4.79. The summed E-state index contributed by atoms with van der Waals surface area (Å²) in [5, 5.41) is 0.913. The van der Waals surface area contributed by atoms with Crippen molar-refractivity contribution < 1.29 is 19.0 Å². The van der Waals surface area contributed by atoms with Gasteiger partial charge in [-0.3, -0.25) is 0 Å². The van der Waals surface area contributed by atoms with E-state index in [0.29, 0.717) is 26.1 Å². The molecule has 2 rings (SSSR count). The number of halogens is 1. The Labute approximate surface area is 140 Å². The van der Waals surface area contributed by atoms with Gasteiger partial charge in [0.25, 0.3) is 0 Å². The third-order valence-corrected chi connectivity index (χ3v) is 4.47. The number of esters is 1. The van der Waals surface area contributed by atoms with E-state index in [-0.39, 0.29) is 5.97 Å². The lowest BCUT2D eigenvalue weighted by Crippen LogP contribution is -2.47. The van der Waals surface area contributed by atoms with Crippen molar-refractivity contribution in [3.05, 3.63) is 23.8 Å². The highest BCUT2D eigenvalue weighted by Crippen LogP contribution is 2.38. The van der Waals surface area contributed by atoms with Gasteiger partial charge in [0.05, 0.1) is 13.2 Å². The smallest absolute Gasteiger partial charge is 0.350 e. The third kappa shape index (κ3) is 3.75. The van der Waals surface area contributed by atoms with E-state index < -0.39 is 5.60 Å². The molecule has 0 aromatic heterocycles. The van der Waals surface area contributed by atoms with Gasteiger partial charge < -0.3 is 14.2 Å². The third-order valence-electron chi connectivity index (χ3n) is 3.91. The molecule has 1 atom stereocenters. The average molecular weight is 371 g/mol. The average Bonchev–Trinajstić information content (AvgIpc) is 2.54. The second-order valence-electron chi connectivity index (χ2n) is 5.33. The molecule has 1 aromatic carbocycles. The fraction of sp³-hybridized carbons (Fsp3) is 0.588. The van der Waals surface area contributed by atoms with Gasteiger partial charge in [0.2, 0.25) is 5.60 Å². The van der Waals surface area contributed by atoms with Crippen LogP contribution in [0, 0.1) is 0 Å². The van der Waals surface area contributed by atoms with E-state index in [2.05, 4.69) is 15.9 Å². The molecule has 4 nitrogen and oxygen atoms in total. The Balaban J connectivity index is 2.16. The number of hydrogen-bond donors (Lipinski definition) is 0. The summed E-state index contributed by atoms with van der Waals surface area (Å²) in [6, 6.07) is 5.86. The Morgan fingerprint density at radius 3 is 2.91 bits per heavy atom. The molecule has 1 heterocycles. The lowest BCUT2D eigenvalue weighted by molar-refractivity contribution is -0.163. The second kappa shape index (κ2) is 7.86. The first kappa shape index (κ1) is 17.1. The molecule has 122 valence electrons. The zero-order valence-electron chi connectivity index (χ0n) is 13.2. The molecule has 0 aliphatic carbocycles. The first-order chi connectivity index (χ1) is 10.6. The molecule has 1 aliphatic rings. The van der Waals surface area contributed by atoms with Crippen LogP contribution in [-0.4, -0.2) is 30.1 Å². The molecular weight excluding hydrogens is 348 g/mol. The van der Waals surface area contributed by atoms with Crippen LogP contribution in [-0.2, 0) is 16.0 Å². The molecule has 1 aliphatic heterocycles. The van der Waals surface area contributed by atoms with Gasteiger partial charge in [-0.05, 0) is 37.8 Å². The summed E-state index contributed by atoms with van der Waals surface area (Å²) in [7, 11) is 0. The van der Waals surface area contributed by atoms with Crippen LogP contribution in [0.5, 0.6) is 11.5 Å². The van der Waals surface area contributed by atoms with Crippen molar-refractivity contribution in [1.29, 1.82) is 0 Å². The van der Waals surface area contributed by atoms with Gasteiger partial charge in [0, 0.05) is 17.8 Å². The van der Waals surface area contributed by atoms with Gasteiger partial charge in [0.15, 0.2) is 0 Å². The number of hydrogen-bond acceptors (Lipinski definition) is 4. The first-order valence-electron chi connectivity index (χ1n) is 7.83. The number of carbonyl (C=O) groups excluding carboxylic acids is 1. The summed E-state index contributed by atoms with van der Waals surface area (Å²) in [6.07, 6.45) is 3.00. The van der Waals surface area contributed by atoms with E-state index in [1.807, 2.05) is 32.0 Å². The maximum absolute atomic E-state index is 12.3. The number of alkyl halides is 1. The maximum Gasteiger partial charge on any atom is 0.350 e. The number of benzene rings is 1. The zero-order valence-corrected chi connectivity index (χ0v) is 14.8.